The van der Waals surface area contributed by atoms with E-state index in [1.54, 1.807) is 12.3 Å². The van der Waals surface area contributed by atoms with Gasteiger partial charge in [0, 0.05) is 5.56 Å². The zero-order valence-corrected chi connectivity index (χ0v) is 15.8. The van der Waals surface area contributed by atoms with Crippen molar-refractivity contribution in [1.82, 2.24) is 10.3 Å². The van der Waals surface area contributed by atoms with E-state index in [2.05, 4.69) is 20.6 Å². The summed E-state index contributed by atoms with van der Waals surface area (Å²) < 4.78 is 19.6. The number of pyridine rings is 1. The van der Waals surface area contributed by atoms with Crippen LogP contribution in [0.5, 0.6) is 0 Å². The summed E-state index contributed by atoms with van der Waals surface area (Å²) in [5, 5.41) is 23.7. The molecule has 1 aliphatic heterocycles. The maximum atomic E-state index is 13.9. The summed E-state index contributed by atoms with van der Waals surface area (Å²) in [4.78, 5) is 8.69. The van der Waals surface area contributed by atoms with E-state index in [-0.39, 0.29) is 41.6 Å². The molecule has 1 aliphatic rings. The summed E-state index contributed by atoms with van der Waals surface area (Å²) in [7, 11) is 0. The predicted molar refractivity (Wildman–Crippen MR) is 106 cm³/mol. The van der Waals surface area contributed by atoms with Gasteiger partial charge in [-0.25, -0.2) is 14.4 Å². The molecule has 1 aromatic heterocycles. The Labute approximate surface area is 166 Å². The molecule has 29 heavy (non-hydrogen) atoms. The van der Waals surface area contributed by atoms with Gasteiger partial charge in [-0.05, 0) is 37.1 Å². The van der Waals surface area contributed by atoms with Gasteiger partial charge in [0.25, 0.3) is 0 Å². The van der Waals surface area contributed by atoms with Gasteiger partial charge in [-0.3, -0.25) is 5.32 Å². The van der Waals surface area contributed by atoms with Crippen molar-refractivity contribution in [3.8, 4) is 12.3 Å². The first-order valence-corrected chi connectivity index (χ1v) is 8.74. The number of hydrogen-bond donors (Lipinski definition) is 4. The molecular weight excluding hydrogens is 375 g/mol. The van der Waals surface area contributed by atoms with Gasteiger partial charge >= 0.3 is 0 Å². The quantitative estimate of drug-likeness (QED) is 0.453. The third-order valence-electron chi connectivity index (χ3n) is 4.33. The van der Waals surface area contributed by atoms with Crippen molar-refractivity contribution in [1.29, 1.82) is 10.5 Å². The minimum absolute atomic E-state index is 0.0320. The van der Waals surface area contributed by atoms with Crippen LogP contribution in [0, 0.1) is 28.6 Å². The van der Waals surface area contributed by atoms with Crippen LogP contribution in [-0.2, 0) is 11.3 Å². The number of nitrogen functional groups attached to an aromatic ring is 2. The monoisotopic (exact) mass is 394 g/mol. The maximum absolute atomic E-state index is 13.9. The second kappa shape index (κ2) is 8.00. The first-order chi connectivity index (χ1) is 13.8. The molecule has 0 fully saturated rings. The Morgan fingerprint density at radius 2 is 2.10 bits per heavy atom. The highest BCUT2D eigenvalue weighted by Crippen LogP contribution is 2.41. The Bertz CT molecular complexity index is 1070. The van der Waals surface area contributed by atoms with Gasteiger partial charge in [0.1, 0.15) is 35.1 Å². The van der Waals surface area contributed by atoms with Gasteiger partial charge in [-0.1, -0.05) is 6.07 Å². The SMILES string of the molecule is CC(C)OCc1cc(F)ccc1C1N=C(NC#N)Nc2nc(N)c(C#N)c(N)c21. The molecule has 2 heterocycles. The largest absolute Gasteiger partial charge is 0.397 e. The molecule has 0 spiro atoms. The third-order valence-corrected chi connectivity index (χ3v) is 4.33. The molecule has 9 nitrogen and oxygen atoms in total. The molecule has 6 N–H and O–H groups in total. The highest BCUT2D eigenvalue weighted by Gasteiger charge is 2.31. The van der Waals surface area contributed by atoms with Gasteiger partial charge in [0.05, 0.1) is 18.4 Å². The number of benzene rings is 1. The summed E-state index contributed by atoms with van der Waals surface area (Å²) >= 11 is 0. The van der Waals surface area contributed by atoms with Crippen LogP contribution in [0.1, 0.15) is 42.1 Å². The lowest BCUT2D eigenvalue weighted by Crippen LogP contribution is -2.33. The zero-order chi connectivity index (χ0) is 21.1. The van der Waals surface area contributed by atoms with E-state index in [9.17, 15) is 9.65 Å². The van der Waals surface area contributed by atoms with Crippen molar-refractivity contribution in [3.05, 3.63) is 46.3 Å². The van der Waals surface area contributed by atoms with Crippen molar-refractivity contribution >= 4 is 23.3 Å². The van der Waals surface area contributed by atoms with E-state index >= 15 is 0 Å². The molecule has 0 saturated heterocycles. The number of anilines is 3. The zero-order valence-electron chi connectivity index (χ0n) is 15.8. The molecule has 1 aromatic carbocycles. The molecular formula is C19H19FN8O. The number of guanidine groups is 1. The number of fused-ring (bicyclic) bond motifs is 1. The number of nitriles is 2. The summed E-state index contributed by atoms with van der Waals surface area (Å²) in [6.45, 7) is 3.89. The topological polar surface area (TPSA) is 158 Å². The first-order valence-electron chi connectivity index (χ1n) is 8.74. The summed E-state index contributed by atoms with van der Waals surface area (Å²) in [6.07, 6.45) is 1.72. The van der Waals surface area contributed by atoms with Crippen molar-refractivity contribution in [3.63, 3.8) is 0 Å². The molecule has 0 aliphatic carbocycles. The number of nitrogens with zero attached hydrogens (tertiary/aromatic N) is 4. The Morgan fingerprint density at radius 3 is 2.76 bits per heavy atom. The number of halogens is 1. The molecule has 0 radical (unpaired) electrons. The van der Waals surface area contributed by atoms with Crippen molar-refractivity contribution < 1.29 is 9.13 Å². The number of nitrogens with two attached hydrogens (primary N) is 2. The molecule has 3 rings (SSSR count). The number of rotatable bonds is 4. The lowest BCUT2D eigenvalue weighted by molar-refractivity contribution is 0.0650. The Kier molecular flexibility index (Phi) is 5.48. The molecule has 0 saturated carbocycles. The van der Waals surface area contributed by atoms with Crippen molar-refractivity contribution in [2.75, 3.05) is 16.8 Å². The van der Waals surface area contributed by atoms with E-state index in [1.807, 2.05) is 19.9 Å². The number of nitrogens with one attached hydrogen (secondary N) is 2. The first kappa shape index (κ1) is 19.9. The van der Waals surface area contributed by atoms with Crippen LogP contribution in [0.15, 0.2) is 23.2 Å². The van der Waals surface area contributed by atoms with Crippen LogP contribution >= 0.6 is 0 Å². The smallest absolute Gasteiger partial charge is 0.211 e. The molecule has 2 aromatic rings. The number of aromatic nitrogens is 1. The summed E-state index contributed by atoms with van der Waals surface area (Å²) in [5.41, 5.74) is 13.8. The third kappa shape index (κ3) is 3.88. The molecule has 148 valence electrons. The molecule has 10 heteroatoms. The van der Waals surface area contributed by atoms with E-state index < -0.39 is 11.9 Å². The lowest BCUT2D eigenvalue weighted by atomic mass is 9.92. The van der Waals surface area contributed by atoms with E-state index in [0.29, 0.717) is 16.7 Å². The maximum Gasteiger partial charge on any atom is 0.211 e. The van der Waals surface area contributed by atoms with E-state index in [1.165, 1.54) is 12.1 Å². The fraction of sp³-hybridized carbons (Fsp3) is 0.263. The Morgan fingerprint density at radius 1 is 1.34 bits per heavy atom. The fourth-order valence-corrected chi connectivity index (χ4v) is 3.03. The normalized spacial score (nSPS) is 15.0. The second-order valence-corrected chi connectivity index (χ2v) is 6.60. The molecule has 1 atom stereocenters. The van der Waals surface area contributed by atoms with Crippen LogP contribution in [0.2, 0.25) is 0 Å². The summed E-state index contributed by atoms with van der Waals surface area (Å²) in [5.74, 6) is -0.0840. The lowest BCUT2D eigenvalue weighted by Gasteiger charge is -2.27. The Balaban J connectivity index is 2.22. The average molecular weight is 394 g/mol. The fourth-order valence-electron chi connectivity index (χ4n) is 3.03. The number of hydrogen-bond acceptors (Lipinski definition) is 9. The van der Waals surface area contributed by atoms with Crippen LogP contribution in [0.4, 0.5) is 21.7 Å². The summed E-state index contributed by atoms with van der Waals surface area (Å²) in [6, 6.07) is 5.42. The molecule has 1 unspecified atom stereocenters. The Hall–Kier alpha value is -3.89. The van der Waals surface area contributed by atoms with Gasteiger partial charge in [0.2, 0.25) is 5.96 Å². The van der Waals surface area contributed by atoms with E-state index in [4.69, 9.17) is 21.5 Å². The highest BCUT2D eigenvalue weighted by molar-refractivity contribution is 5.98. The predicted octanol–water partition coefficient (Wildman–Crippen LogP) is 2.12. The highest BCUT2D eigenvalue weighted by atomic mass is 19.1. The minimum atomic E-state index is -0.756. The van der Waals surface area contributed by atoms with Crippen LogP contribution in [-0.4, -0.2) is 17.0 Å². The molecule has 0 amide bonds. The minimum Gasteiger partial charge on any atom is -0.397 e. The number of ether oxygens (including phenoxy) is 1. The van der Waals surface area contributed by atoms with Crippen molar-refractivity contribution in [2.45, 2.75) is 32.6 Å². The second-order valence-electron chi connectivity index (χ2n) is 6.60. The van der Waals surface area contributed by atoms with Gasteiger partial charge in [0.15, 0.2) is 6.19 Å². The van der Waals surface area contributed by atoms with Crippen LogP contribution in [0.3, 0.4) is 0 Å². The van der Waals surface area contributed by atoms with E-state index in [0.717, 1.165) is 0 Å². The van der Waals surface area contributed by atoms with Crippen molar-refractivity contribution in [2.24, 2.45) is 4.99 Å². The standard InChI is InChI=1S/C19H19FN8O/c1-9(2)29-7-10-5-11(20)3-4-12(10)16-14-15(23)13(6-21)17(24)27-18(14)28-19(26-16)25-8-22/h3-5,9,16H,7H2,1-2H3,(H6,23,24,25,26,27,28). The average Bonchev–Trinajstić information content (AvgIpc) is 2.66. The van der Waals surface area contributed by atoms with Crippen LogP contribution < -0.4 is 22.1 Å². The van der Waals surface area contributed by atoms with Crippen LogP contribution in [0.25, 0.3) is 0 Å². The van der Waals surface area contributed by atoms with Gasteiger partial charge in [-0.15, -0.1) is 0 Å². The number of aliphatic imine (C=N–C) groups is 1. The van der Waals surface area contributed by atoms with Gasteiger partial charge < -0.3 is 21.5 Å². The van der Waals surface area contributed by atoms with Gasteiger partial charge in [-0.2, -0.15) is 10.5 Å². The molecule has 0 bridgehead atoms.